The minimum atomic E-state index is -0.267. The van der Waals surface area contributed by atoms with E-state index in [1.807, 2.05) is 41.8 Å². The fourth-order valence-corrected chi connectivity index (χ4v) is 2.97. The molecular weight excluding hydrogens is 334 g/mol. The van der Waals surface area contributed by atoms with Gasteiger partial charge in [-0.2, -0.15) is 0 Å². The molecule has 0 saturated carbocycles. The summed E-state index contributed by atoms with van der Waals surface area (Å²) >= 11 is 1.49. The average Bonchev–Trinajstić information content (AvgIpc) is 3.15. The molecule has 6 heteroatoms. The summed E-state index contributed by atoms with van der Waals surface area (Å²) in [5.74, 6) is -0.517. The Kier molecular flexibility index (Phi) is 5.53. The van der Waals surface area contributed by atoms with Crippen molar-refractivity contribution in [3.63, 3.8) is 0 Å². The molecule has 25 heavy (non-hydrogen) atoms. The Morgan fingerprint density at radius 3 is 2.32 bits per heavy atom. The predicted octanol–water partition coefficient (Wildman–Crippen LogP) is 2.86. The number of hydrogen-bond acceptors (Lipinski definition) is 4. The van der Waals surface area contributed by atoms with Gasteiger partial charge in [0.15, 0.2) is 0 Å². The van der Waals surface area contributed by atoms with E-state index in [-0.39, 0.29) is 18.4 Å². The first-order valence-electron chi connectivity index (χ1n) is 7.82. The van der Waals surface area contributed by atoms with Crippen molar-refractivity contribution in [3.05, 3.63) is 76.6 Å². The summed E-state index contributed by atoms with van der Waals surface area (Å²) in [6.45, 7) is 0.280. The normalized spacial score (nSPS) is 10.2. The van der Waals surface area contributed by atoms with Crippen LogP contribution in [0.5, 0.6) is 0 Å². The minimum absolute atomic E-state index is 0.0648. The molecule has 0 bridgehead atoms. The van der Waals surface area contributed by atoms with Crippen LogP contribution in [0.4, 0.5) is 0 Å². The second-order valence-electron chi connectivity index (χ2n) is 5.32. The lowest BCUT2D eigenvalue weighted by molar-refractivity contribution is -0.120. The molecule has 0 spiro atoms. The number of nitrogens with one attached hydrogen (secondary N) is 2. The summed E-state index contributed by atoms with van der Waals surface area (Å²) in [7, 11) is 0. The van der Waals surface area contributed by atoms with Gasteiger partial charge in [-0.3, -0.25) is 9.59 Å². The number of carbonyl (C=O) groups is 2. The average molecular weight is 351 g/mol. The second kappa shape index (κ2) is 8.21. The molecule has 0 radical (unpaired) electrons. The van der Waals surface area contributed by atoms with Crippen molar-refractivity contribution in [2.45, 2.75) is 6.54 Å². The maximum Gasteiger partial charge on any atom is 0.251 e. The molecule has 2 N–H and O–H groups in total. The van der Waals surface area contributed by atoms with E-state index in [9.17, 15) is 9.59 Å². The number of aromatic nitrogens is 1. The van der Waals surface area contributed by atoms with Crippen molar-refractivity contribution < 1.29 is 9.59 Å². The molecule has 0 aliphatic heterocycles. The monoisotopic (exact) mass is 351 g/mol. The summed E-state index contributed by atoms with van der Waals surface area (Å²) < 4.78 is 0. The van der Waals surface area contributed by atoms with Crippen LogP contribution in [0.25, 0.3) is 11.3 Å². The fraction of sp³-hybridized carbons (Fsp3) is 0.105. The molecule has 2 aromatic carbocycles. The number of amides is 2. The highest BCUT2D eigenvalue weighted by atomic mass is 32.1. The molecule has 0 saturated heterocycles. The third kappa shape index (κ3) is 4.74. The zero-order chi connectivity index (χ0) is 17.5. The zero-order valence-corrected chi connectivity index (χ0v) is 14.3. The SMILES string of the molecule is O=C(CNC(=O)c1ccccc1)NCc1nc(-c2ccccc2)cs1. The Morgan fingerprint density at radius 2 is 1.60 bits per heavy atom. The van der Waals surface area contributed by atoms with Gasteiger partial charge in [-0.05, 0) is 12.1 Å². The first-order valence-corrected chi connectivity index (χ1v) is 8.70. The molecule has 0 unspecified atom stereocenters. The van der Waals surface area contributed by atoms with Crippen LogP contribution in [-0.2, 0) is 11.3 Å². The molecule has 3 aromatic rings. The fourth-order valence-electron chi connectivity index (χ4n) is 2.22. The van der Waals surface area contributed by atoms with Gasteiger partial charge in [0.1, 0.15) is 5.01 Å². The van der Waals surface area contributed by atoms with Crippen LogP contribution >= 0.6 is 11.3 Å². The van der Waals surface area contributed by atoms with Crippen molar-refractivity contribution in [2.24, 2.45) is 0 Å². The standard InChI is InChI=1S/C19H17N3O2S/c23-17(11-21-19(24)15-9-5-2-6-10-15)20-12-18-22-16(13-25-18)14-7-3-1-4-8-14/h1-10,13H,11-12H2,(H,20,23)(H,21,24). The Bertz CT molecular complexity index is 847. The third-order valence-electron chi connectivity index (χ3n) is 3.50. The smallest absolute Gasteiger partial charge is 0.251 e. The maximum atomic E-state index is 11.9. The van der Waals surface area contributed by atoms with Crippen LogP contribution < -0.4 is 10.6 Å². The number of benzene rings is 2. The van der Waals surface area contributed by atoms with Gasteiger partial charge in [0.05, 0.1) is 18.8 Å². The quantitative estimate of drug-likeness (QED) is 0.717. The Labute approximate surface area is 149 Å². The van der Waals surface area contributed by atoms with E-state index < -0.39 is 0 Å². The third-order valence-corrected chi connectivity index (χ3v) is 4.35. The van der Waals surface area contributed by atoms with E-state index in [1.54, 1.807) is 24.3 Å². The lowest BCUT2D eigenvalue weighted by Gasteiger charge is -2.05. The van der Waals surface area contributed by atoms with Crippen LogP contribution in [0.2, 0.25) is 0 Å². The summed E-state index contributed by atoms with van der Waals surface area (Å²) in [6, 6.07) is 18.7. The molecule has 0 fully saturated rings. The molecule has 0 aliphatic carbocycles. The largest absolute Gasteiger partial charge is 0.348 e. The number of rotatable bonds is 6. The Hall–Kier alpha value is -2.99. The van der Waals surface area contributed by atoms with Gasteiger partial charge in [0.2, 0.25) is 5.91 Å². The lowest BCUT2D eigenvalue weighted by Crippen LogP contribution is -2.36. The van der Waals surface area contributed by atoms with E-state index in [4.69, 9.17) is 0 Å². The number of thiazole rings is 1. The van der Waals surface area contributed by atoms with Gasteiger partial charge >= 0.3 is 0 Å². The molecule has 1 heterocycles. The molecule has 5 nitrogen and oxygen atoms in total. The van der Waals surface area contributed by atoms with Gasteiger partial charge in [-0.15, -0.1) is 11.3 Å². The van der Waals surface area contributed by atoms with Gasteiger partial charge in [-0.25, -0.2) is 4.98 Å². The van der Waals surface area contributed by atoms with E-state index in [0.29, 0.717) is 12.1 Å². The lowest BCUT2D eigenvalue weighted by atomic mass is 10.2. The minimum Gasteiger partial charge on any atom is -0.348 e. The summed E-state index contributed by atoms with van der Waals surface area (Å²) in [6.07, 6.45) is 0. The van der Waals surface area contributed by atoms with E-state index in [2.05, 4.69) is 15.6 Å². The van der Waals surface area contributed by atoms with Gasteiger partial charge in [-0.1, -0.05) is 48.5 Å². The number of nitrogens with zero attached hydrogens (tertiary/aromatic N) is 1. The second-order valence-corrected chi connectivity index (χ2v) is 6.26. The molecule has 2 amide bonds. The van der Waals surface area contributed by atoms with Gasteiger partial charge < -0.3 is 10.6 Å². The van der Waals surface area contributed by atoms with E-state index in [0.717, 1.165) is 16.3 Å². The van der Waals surface area contributed by atoms with Crippen molar-refractivity contribution >= 4 is 23.2 Å². The van der Waals surface area contributed by atoms with Crippen molar-refractivity contribution in [3.8, 4) is 11.3 Å². The molecule has 126 valence electrons. The Balaban J connectivity index is 1.47. The van der Waals surface area contributed by atoms with Gasteiger partial charge in [0.25, 0.3) is 5.91 Å². The van der Waals surface area contributed by atoms with Crippen LogP contribution in [0.3, 0.4) is 0 Å². The molecule has 0 atom stereocenters. The Morgan fingerprint density at radius 1 is 0.920 bits per heavy atom. The van der Waals surface area contributed by atoms with Crippen molar-refractivity contribution in [2.75, 3.05) is 6.54 Å². The first kappa shape index (κ1) is 16.9. The number of carbonyl (C=O) groups excluding carboxylic acids is 2. The highest BCUT2D eigenvalue weighted by Gasteiger charge is 2.09. The molecule has 1 aromatic heterocycles. The highest BCUT2D eigenvalue weighted by molar-refractivity contribution is 7.09. The van der Waals surface area contributed by atoms with Crippen molar-refractivity contribution in [1.82, 2.24) is 15.6 Å². The van der Waals surface area contributed by atoms with E-state index >= 15 is 0 Å². The van der Waals surface area contributed by atoms with Crippen molar-refractivity contribution in [1.29, 1.82) is 0 Å². The summed E-state index contributed by atoms with van der Waals surface area (Å²) in [5.41, 5.74) is 2.47. The molecule has 3 rings (SSSR count). The predicted molar refractivity (Wildman–Crippen MR) is 98.2 cm³/mol. The first-order chi connectivity index (χ1) is 12.2. The topological polar surface area (TPSA) is 71.1 Å². The van der Waals surface area contributed by atoms with Crippen LogP contribution in [0, 0.1) is 0 Å². The van der Waals surface area contributed by atoms with Crippen LogP contribution in [0.15, 0.2) is 66.0 Å². The van der Waals surface area contributed by atoms with Gasteiger partial charge in [0, 0.05) is 16.5 Å². The maximum absolute atomic E-state index is 11.9. The molecular formula is C19H17N3O2S. The van der Waals surface area contributed by atoms with Crippen LogP contribution in [-0.4, -0.2) is 23.3 Å². The summed E-state index contributed by atoms with van der Waals surface area (Å²) in [4.78, 5) is 28.3. The zero-order valence-electron chi connectivity index (χ0n) is 13.4. The van der Waals surface area contributed by atoms with E-state index in [1.165, 1.54) is 11.3 Å². The molecule has 0 aliphatic rings. The summed E-state index contributed by atoms with van der Waals surface area (Å²) in [5, 5.41) is 8.15. The van der Waals surface area contributed by atoms with Crippen LogP contribution in [0.1, 0.15) is 15.4 Å². The number of hydrogen-bond donors (Lipinski definition) is 2. The highest BCUT2D eigenvalue weighted by Crippen LogP contribution is 2.21.